The Labute approximate surface area is 126 Å². The van der Waals surface area contributed by atoms with E-state index in [1.807, 2.05) is 32.2 Å². The van der Waals surface area contributed by atoms with Crippen LogP contribution in [0.4, 0.5) is 5.95 Å². The van der Waals surface area contributed by atoms with Gasteiger partial charge >= 0.3 is 0 Å². The van der Waals surface area contributed by atoms with E-state index in [4.69, 9.17) is 22.1 Å². The standard InChI is InChI=1S/C13H15ClN6O/c1-3-21-8(2)19-7-9(6-16-19)10-4-5-11-17-13(15)18-20(11)12(10)14/h4-8H,3H2,1-2H3,(H2,15,18). The second-order valence-corrected chi connectivity index (χ2v) is 4.90. The van der Waals surface area contributed by atoms with E-state index in [9.17, 15) is 0 Å². The van der Waals surface area contributed by atoms with Crippen molar-refractivity contribution in [2.24, 2.45) is 0 Å². The van der Waals surface area contributed by atoms with Crippen LogP contribution in [0.3, 0.4) is 0 Å². The molecule has 0 spiro atoms. The summed E-state index contributed by atoms with van der Waals surface area (Å²) >= 11 is 6.38. The lowest BCUT2D eigenvalue weighted by molar-refractivity contribution is 0.0160. The smallest absolute Gasteiger partial charge is 0.240 e. The Morgan fingerprint density at radius 2 is 2.24 bits per heavy atom. The highest BCUT2D eigenvalue weighted by Crippen LogP contribution is 2.28. The van der Waals surface area contributed by atoms with E-state index in [0.717, 1.165) is 11.1 Å². The molecule has 0 aromatic carbocycles. The van der Waals surface area contributed by atoms with Crippen LogP contribution < -0.4 is 5.73 Å². The highest BCUT2D eigenvalue weighted by Gasteiger charge is 2.13. The van der Waals surface area contributed by atoms with E-state index in [1.54, 1.807) is 10.9 Å². The van der Waals surface area contributed by atoms with Gasteiger partial charge in [0.1, 0.15) is 11.4 Å². The van der Waals surface area contributed by atoms with Gasteiger partial charge in [-0.1, -0.05) is 11.6 Å². The number of nitrogens with two attached hydrogens (primary N) is 1. The number of nitrogens with zero attached hydrogens (tertiary/aromatic N) is 5. The maximum atomic E-state index is 6.38. The second-order valence-electron chi connectivity index (χ2n) is 4.54. The van der Waals surface area contributed by atoms with Gasteiger partial charge in [-0.3, -0.25) is 0 Å². The average Bonchev–Trinajstić information content (AvgIpc) is 3.06. The van der Waals surface area contributed by atoms with Crippen LogP contribution >= 0.6 is 11.6 Å². The van der Waals surface area contributed by atoms with E-state index < -0.39 is 0 Å². The maximum Gasteiger partial charge on any atom is 0.240 e. The number of hydrogen-bond acceptors (Lipinski definition) is 5. The van der Waals surface area contributed by atoms with Crippen LogP contribution in [0.25, 0.3) is 16.8 Å². The number of hydrogen-bond donors (Lipinski definition) is 1. The summed E-state index contributed by atoms with van der Waals surface area (Å²) in [6.45, 7) is 4.51. The zero-order chi connectivity index (χ0) is 15.0. The van der Waals surface area contributed by atoms with Gasteiger partial charge in [0.15, 0.2) is 5.65 Å². The molecule has 8 heteroatoms. The number of halogens is 1. The molecule has 0 amide bonds. The first kappa shape index (κ1) is 13.8. The Morgan fingerprint density at radius 3 is 3.00 bits per heavy atom. The number of pyridine rings is 1. The Bertz CT molecular complexity index is 780. The van der Waals surface area contributed by atoms with Gasteiger partial charge in [0, 0.05) is 23.9 Å². The summed E-state index contributed by atoms with van der Waals surface area (Å²) in [7, 11) is 0. The van der Waals surface area contributed by atoms with Crippen LogP contribution in [-0.4, -0.2) is 31.0 Å². The predicted octanol–water partition coefficient (Wildman–Crippen LogP) is 2.38. The van der Waals surface area contributed by atoms with Gasteiger partial charge in [0.2, 0.25) is 5.95 Å². The normalized spacial score (nSPS) is 12.9. The number of fused-ring (bicyclic) bond motifs is 1. The Balaban J connectivity index is 2.02. The fourth-order valence-corrected chi connectivity index (χ4v) is 2.44. The molecule has 0 bridgehead atoms. The first-order valence-electron chi connectivity index (χ1n) is 6.57. The number of anilines is 1. The topological polar surface area (TPSA) is 83.3 Å². The van der Waals surface area contributed by atoms with E-state index >= 15 is 0 Å². The van der Waals surface area contributed by atoms with Crippen molar-refractivity contribution < 1.29 is 4.74 Å². The van der Waals surface area contributed by atoms with Crippen molar-refractivity contribution in [2.45, 2.75) is 20.1 Å². The predicted molar refractivity (Wildman–Crippen MR) is 80.0 cm³/mol. The third-order valence-electron chi connectivity index (χ3n) is 3.15. The average molecular weight is 307 g/mol. The van der Waals surface area contributed by atoms with Gasteiger partial charge < -0.3 is 10.5 Å². The van der Waals surface area contributed by atoms with Crippen molar-refractivity contribution in [2.75, 3.05) is 12.3 Å². The summed E-state index contributed by atoms with van der Waals surface area (Å²) in [6.07, 6.45) is 3.49. The molecule has 3 aromatic heterocycles. The molecule has 3 rings (SSSR count). The molecule has 1 unspecified atom stereocenters. The molecule has 0 fully saturated rings. The van der Waals surface area contributed by atoms with Crippen molar-refractivity contribution in [1.82, 2.24) is 24.4 Å². The lowest BCUT2D eigenvalue weighted by atomic mass is 10.2. The van der Waals surface area contributed by atoms with Crippen LogP contribution in [0.5, 0.6) is 0 Å². The number of aromatic nitrogens is 5. The summed E-state index contributed by atoms with van der Waals surface area (Å²) < 4.78 is 8.76. The van der Waals surface area contributed by atoms with Crippen LogP contribution in [0.2, 0.25) is 5.15 Å². The highest BCUT2D eigenvalue weighted by atomic mass is 35.5. The third-order valence-corrected chi connectivity index (χ3v) is 3.51. The minimum absolute atomic E-state index is 0.131. The van der Waals surface area contributed by atoms with Gasteiger partial charge in [0.05, 0.1) is 6.20 Å². The van der Waals surface area contributed by atoms with Crippen LogP contribution in [0, 0.1) is 0 Å². The minimum Gasteiger partial charge on any atom is -0.366 e. The number of nitrogen functional groups attached to an aromatic ring is 1. The molecular weight excluding hydrogens is 292 g/mol. The van der Waals surface area contributed by atoms with Crippen molar-refractivity contribution in [3.8, 4) is 11.1 Å². The second kappa shape index (κ2) is 5.34. The Kier molecular flexibility index (Phi) is 3.52. The van der Waals surface area contributed by atoms with Gasteiger partial charge in [0.25, 0.3) is 0 Å². The van der Waals surface area contributed by atoms with Crippen molar-refractivity contribution in [3.05, 3.63) is 29.7 Å². The summed E-state index contributed by atoms with van der Waals surface area (Å²) in [4.78, 5) is 4.07. The van der Waals surface area contributed by atoms with E-state index in [1.165, 1.54) is 4.52 Å². The maximum absolute atomic E-state index is 6.38. The minimum atomic E-state index is -0.131. The van der Waals surface area contributed by atoms with Crippen LogP contribution in [0.1, 0.15) is 20.1 Å². The van der Waals surface area contributed by atoms with Crippen molar-refractivity contribution in [3.63, 3.8) is 0 Å². The van der Waals surface area contributed by atoms with Crippen molar-refractivity contribution in [1.29, 1.82) is 0 Å². The van der Waals surface area contributed by atoms with Crippen LogP contribution in [-0.2, 0) is 4.74 Å². The lowest BCUT2D eigenvalue weighted by Crippen LogP contribution is -2.09. The molecule has 3 heterocycles. The largest absolute Gasteiger partial charge is 0.366 e. The molecule has 0 saturated carbocycles. The molecule has 2 N–H and O–H groups in total. The van der Waals surface area contributed by atoms with Gasteiger partial charge in [-0.25, -0.2) is 4.68 Å². The fourth-order valence-electron chi connectivity index (χ4n) is 2.14. The summed E-state index contributed by atoms with van der Waals surface area (Å²) in [6, 6.07) is 3.69. The fraction of sp³-hybridized carbons (Fsp3) is 0.308. The van der Waals surface area contributed by atoms with Gasteiger partial charge in [-0.05, 0) is 26.0 Å². The first-order valence-corrected chi connectivity index (χ1v) is 6.95. The molecule has 0 aliphatic rings. The molecule has 1 atom stereocenters. The monoisotopic (exact) mass is 306 g/mol. The Hall–Kier alpha value is -2.12. The molecule has 0 aliphatic heterocycles. The zero-order valence-electron chi connectivity index (χ0n) is 11.7. The SMILES string of the molecule is CCOC(C)n1cc(-c2ccc3nc(N)nn3c2Cl)cn1. The quantitative estimate of drug-likeness (QED) is 0.748. The van der Waals surface area contributed by atoms with E-state index in [0.29, 0.717) is 17.4 Å². The molecular formula is C13H15ClN6O. The summed E-state index contributed by atoms with van der Waals surface area (Å²) in [5, 5.41) is 8.81. The molecule has 0 aliphatic carbocycles. The summed E-state index contributed by atoms with van der Waals surface area (Å²) in [5.74, 6) is 0.190. The van der Waals surface area contributed by atoms with E-state index in [-0.39, 0.29) is 12.2 Å². The number of ether oxygens (including phenoxy) is 1. The van der Waals surface area contributed by atoms with Gasteiger partial charge in [-0.2, -0.15) is 14.6 Å². The van der Waals surface area contributed by atoms with E-state index in [2.05, 4.69) is 15.2 Å². The van der Waals surface area contributed by atoms with Gasteiger partial charge in [-0.15, -0.1) is 5.10 Å². The molecule has 7 nitrogen and oxygen atoms in total. The number of rotatable bonds is 4. The third kappa shape index (κ3) is 2.45. The zero-order valence-corrected chi connectivity index (χ0v) is 12.4. The van der Waals surface area contributed by atoms with Crippen LogP contribution in [0.15, 0.2) is 24.5 Å². The molecule has 0 radical (unpaired) electrons. The Morgan fingerprint density at radius 1 is 1.43 bits per heavy atom. The molecule has 110 valence electrons. The highest BCUT2D eigenvalue weighted by molar-refractivity contribution is 6.32. The van der Waals surface area contributed by atoms with Crippen molar-refractivity contribution >= 4 is 23.2 Å². The summed E-state index contributed by atoms with van der Waals surface area (Å²) in [5.41, 5.74) is 7.89. The first-order chi connectivity index (χ1) is 10.1. The lowest BCUT2D eigenvalue weighted by Gasteiger charge is -2.11. The molecule has 21 heavy (non-hydrogen) atoms. The molecule has 0 saturated heterocycles. The molecule has 3 aromatic rings.